The third-order valence-electron chi connectivity index (χ3n) is 2.66. The van der Waals surface area contributed by atoms with Gasteiger partial charge < -0.3 is 0 Å². The Balaban J connectivity index is 2.35. The highest BCUT2D eigenvalue weighted by Gasteiger charge is 2.26. The molecule has 0 nitrogen and oxygen atoms in total. The van der Waals surface area contributed by atoms with Gasteiger partial charge in [-0.1, -0.05) is 31.9 Å². The highest BCUT2D eigenvalue weighted by atomic mass is 14.3. The second kappa shape index (κ2) is 3.23. The highest BCUT2D eigenvalue weighted by Crippen LogP contribution is 2.40. The molecule has 0 heterocycles. The largest absolute Gasteiger partial charge is 0.0916 e. The van der Waals surface area contributed by atoms with Crippen LogP contribution in [0.4, 0.5) is 0 Å². The van der Waals surface area contributed by atoms with E-state index in [-0.39, 0.29) is 0 Å². The molecule has 1 fully saturated rings. The second-order valence-corrected chi connectivity index (χ2v) is 3.79. The molecule has 1 aliphatic carbocycles. The summed E-state index contributed by atoms with van der Waals surface area (Å²) in [6.07, 6.45) is 11.6. The quantitative estimate of drug-likeness (QED) is 0.512. The van der Waals surface area contributed by atoms with Crippen LogP contribution in [0.15, 0.2) is 12.2 Å². The molecule has 0 amide bonds. The summed E-state index contributed by atoms with van der Waals surface area (Å²) < 4.78 is 0. The second-order valence-electron chi connectivity index (χ2n) is 3.79. The zero-order valence-corrected chi connectivity index (χ0v) is 7.19. The van der Waals surface area contributed by atoms with E-state index in [4.69, 9.17) is 0 Å². The standard InChI is InChI=1S/C10H18/c1-3-4-7-10(2)8-5-6-9-10/h3-4H,5-9H2,1-2H3/b4-3+. The molecule has 1 saturated carbocycles. The molecule has 0 heteroatoms. The van der Waals surface area contributed by atoms with E-state index in [0.29, 0.717) is 5.41 Å². The molecule has 1 rings (SSSR count). The number of hydrogen-bond donors (Lipinski definition) is 0. The Kier molecular flexibility index (Phi) is 2.53. The van der Waals surface area contributed by atoms with Crippen molar-refractivity contribution in [1.29, 1.82) is 0 Å². The first-order chi connectivity index (χ1) is 4.77. The molecule has 0 atom stereocenters. The van der Waals surface area contributed by atoms with E-state index in [2.05, 4.69) is 26.0 Å². The van der Waals surface area contributed by atoms with Crippen LogP contribution in [0.5, 0.6) is 0 Å². The van der Waals surface area contributed by atoms with Crippen LogP contribution in [0, 0.1) is 5.41 Å². The van der Waals surface area contributed by atoms with Crippen molar-refractivity contribution in [2.45, 2.75) is 46.0 Å². The minimum absolute atomic E-state index is 0.659. The van der Waals surface area contributed by atoms with Crippen LogP contribution >= 0.6 is 0 Å². The van der Waals surface area contributed by atoms with Crippen molar-refractivity contribution in [3.05, 3.63) is 12.2 Å². The Morgan fingerprint density at radius 2 is 1.90 bits per heavy atom. The lowest BCUT2D eigenvalue weighted by Gasteiger charge is -2.20. The van der Waals surface area contributed by atoms with E-state index in [1.165, 1.54) is 32.1 Å². The molecule has 0 radical (unpaired) electrons. The fourth-order valence-electron chi connectivity index (χ4n) is 1.84. The molecule has 0 aromatic carbocycles. The van der Waals surface area contributed by atoms with Crippen LogP contribution in [0.2, 0.25) is 0 Å². The van der Waals surface area contributed by atoms with Crippen LogP contribution in [-0.4, -0.2) is 0 Å². The van der Waals surface area contributed by atoms with E-state index in [1.807, 2.05) is 0 Å². The average Bonchev–Trinajstić information content (AvgIpc) is 2.33. The van der Waals surface area contributed by atoms with Gasteiger partial charge in [0.05, 0.1) is 0 Å². The lowest BCUT2D eigenvalue weighted by atomic mass is 9.85. The molecule has 58 valence electrons. The summed E-state index contributed by atoms with van der Waals surface area (Å²) in [4.78, 5) is 0. The number of rotatable bonds is 2. The third-order valence-corrected chi connectivity index (χ3v) is 2.66. The van der Waals surface area contributed by atoms with Crippen LogP contribution in [0.3, 0.4) is 0 Å². The summed E-state index contributed by atoms with van der Waals surface area (Å²) in [6, 6.07) is 0. The van der Waals surface area contributed by atoms with Gasteiger partial charge in [0.1, 0.15) is 0 Å². The monoisotopic (exact) mass is 138 g/mol. The Labute approximate surface area is 64.3 Å². The summed E-state index contributed by atoms with van der Waals surface area (Å²) in [5.74, 6) is 0. The summed E-state index contributed by atoms with van der Waals surface area (Å²) in [5.41, 5.74) is 0.659. The van der Waals surface area contributed by atoms with Crippen LogP contribution < -0.4 is 0 Å². The smallest absolute Gasteiger partial charge is 0.0291 e. The normalized spacial score (nSPS) is 24.2. The van der Waals surface area contributed by atoms with Gasteiger partial charge >= 0.3 is 0 Å². The maximum absolute atomic E-state index is 2.42. The first-order valence-corrected chi connectivity index (χ1v) is 4.38. The molecule has 0 N–H and O–H groups in total. The fourth-order valence-corrected chi connectivity index (χ4v) is 1.84. The Hall–Kier alpha value is -0.260. The van der Waals surface area contributed by atoms with Gasteiger partial charge in [0.2, 0.25) is 0 Å². The third kappa shape index (κ3) is 1.86. The molecule has 0 spiro atoms. The molecule has 0 aromatic heterocycles. The maximum Gasteiger partial charge on any atom is -0.0291 e. The highest BCUT2D eigenvalue weighted by molar-refractivity contribution is 4.89. The zero-order valence-electron chi connectivity index (χ0n) is 7.19. The SMILES string of the molecule is C/C=C/CC1(C)CCCC1. The summed E-state index contributed by atoms with van der Waals surface area (Å²) in [7, 11) is 0. The summed E-state index contributed by atoms with van der Waals surface area (Å²) >= 11 is 0. The molecular formula is C10H18. The minimum atomic E-state index is 0.659. The first-order valence-electron chi connectivity index (χ1n) is 4.38. The average molecular weight is 138 g/mol. The molecule has 10 heavy (non-hydrogen) atoms. The van der Waals surface area contributed by atoms with E-state index in [0.717, 1.165) is 0 Å². The molecule has 0 aromatic rings. The molecule has 1 aliphatic rings. The van der Waals surface area contributed by atoms with E-state index < -0.39 is 0 Å². The van der Waals surface area contributed by atoms with Crippen molar-refractivity contribution in [3.8, 4) is 0 Å². The van der Waals surface area contributed by atoms with Crippen molar-refractivity contribution in [1.82, 2.24) is 0 Å². The van der Waals surface area contributed by atoms with Gasteiger partial charge in [-0.25, -0.2) is 0 Å². The molecule has 0 aliphatic heterocycles. The minimum Gasteiger partial charge on any atom is -0.0916 e. The Morgan fingerprint density at radius 3 is 2.40 bits per heavy atom. The van der Waals surface area contributed by atoms with Crippen molar-refractivity contribution in [2.75, 3.05) is 0 Å². The van der Waals surface area contributed by atoms with Gasteiger partial charge in [-0.05, 0) is 31.6 Å². The Bertz CT molecular complexity index is 116. The molecule has 0 unspecified atom stereocenters. The van der Waals surface area contributed by atoms with Crippen molar-refractivity contribution < 1.29 is 0 Å². The summed E-state index contributed by atoms with van der Waals surface area (Å²) in [6.45, 7) is 4.53. The van der Waals surface area contributed by atoms with Crippen molar-refractivity contribution in [3.63, 3.8) is 0 Å². The fraction of sp³-hybridized carbons (Fsp3) is 0.800. The van der Waals surface area contributed by atoms with Crippen LogP contribution in [0.25, 0.3) is 0 Å². The van der Waals surface area contributed by atoms with Gasteiger partial charge in [0.15, 0.2) is 0 Å². The first kappa shape index (κ1) is 7.84. The van der Waals surface area contributed by atoms with Gasteiger partial charge in [-0.3, -0.25) is 0 Å². The molecular weight excluding hydrogens is 120 g/mol. The predicted octanol–water partition coefficient (Wildman–Crippen LogP) is 3.53. The zero-order chi connectivity index (χ0) is 7.45. The van der Waals surface area contributed by atoms with Gasteiger partial charge in [-0.15, -0.1) is 0 Å². The van der Waals surface area contributed by atoms with Gasteiger partial charge in [-0.2, -0.15) is 0 Å². The number of hydrogen-bond acceptors (Lipinski definition) is 0. The van der Waals surface area contributed by atoms with Crippen LogP contribution in [-0.2, 0) is 0 Å². The number of allylic oxidation sites excluding steroid dienone is 2. The Morgan fingerprint density at radius 1 is 1.30 bits per heavy atom. The van der Waals surface area contributed by atoms with Gasteiger partial charge in [0, 0.05) is 0 Å². The van der Waals surface area contributed by atoms with E-state index in [9.17, 15) is 0 Å². The summed E-state index contributed by atoms with van der Waals surface area (Å²) in [5, 5.41) is 0. The lowest BCUT2D eigenvalue weighted by molar-refractivity contribution is 0.342. The van der Waals surface area contributed by atoms with E-state index >= 15 is 0 Å². The van der Waals surface area contributed by atoms with Crippen LogP contribution in [0.1, 0.15) is 46.0 Å². The van der Waals surface area contributed by atoms with Crippen molar-refractivity contribution >= 4 is 0 Å². The van der Waals surface area contributed by atoms with Crippen molar-refractivity contribution in [2.24, 2.45) is 5.41 Å². The molecule has 0 bridgehead atoms. The lowest BCUT2D eigenvalue weighted by Crippen LogP contribution is -2.08. The van der Waals surface area contributed by atoms with E-state index in [1.54, 1.807) is 0 Å². The van der Waals surface area contributed by atoms with Gasteiger partial charge in [0.25, 0.3) is 0 Å². The molecule has 0 saturated heterocycles. The predicted molar refractivity (Wildman–Crippen MR) is 46.0 cm³/mol. The topological polar surface area (TPSA) is 0 Å². The maximum atomic E-state index is 2.42.